The van der Waals surface area contributed by atoms with Gasteiger partial charge in [-0.15, -0.1) is 0 Å². The Kier molecular flexibility index (Phi) is 6.03. The Morgan fingerprint density at radius 2 is 1.62 bits per heavy atom. The van der Waals surface area contributed by atoms with Crippen LogP contribution in [0.4, 0.5) is 0 Å². The van der Waals surface area contributed by atoms with Crippen molar-refractivity contribution in [2.45, 2.75) is 10.4 Å². The largest absolute Gasteiger partial charge is 0.394 e. The zero-order valence-electron chi connectivity index (χ0n) is 11.1. The molecule has 7 nitrogen and oxygen atoms in total. The fourth-order valence-corrected chi connectivity index (χ4v) is 2.41. The molecule has 0 fully saturated rings. The Bertz CT molecular complexity index is 584. The lowest BCUT2D eigenvalue weighted by atomic mass is 10.0. The summed E-state index contributed by atoms with van der Waals surface area (Å²) in [6.45, 7) is -2.07. The third-order valence-corrected chi connectivity index (χ3v) is 4.19. The number of hydrogen-bond acceptors (Lipinski definition) is 6. The molecule has 0 aliphatic rings. The average Bonchev–Trinajstić information content (AvgIpc) is 2.52. The van der Waals surface area contributed by atoms with Crippen LogP contribution in [0.5, 0.6) is 0 Å². The molecular weight excluding hydrogens is 298 g/mol. The molecule has 0 aromatic heterocycles. The van der Waals surface area contributed by atoms with E-state index in [0.717, 1.165) is 6.08 Å². The molecule has 0 aliphatic heterocycles. The van der Waals surface area contributed by atoms with E-state index < -0.39 is 41.1 Å². The smallest absolute Gasteiger partial charge is 0.245 e. The number of aliphatic hydroxyl groups excluding tert-OH is 3. The topological polar surface area (TPSA) is 124 Å². The molecule has 0 bridgehead atoms. The van der Waals surface area contributed by atoms with Gasteiger partial charge in [-0.05, 0) is 12.1 Å². The molecule has 4 N–H and O–H groups in total. The minimum atomic E-state index is -3.76. The minimum absolute atomic E-state index is 0.0341. The van der Waals surface area contributed by atoms with Crippen LogP contribution in [-0.4, -0.2) is 55.0 Å². The predicted molar refractivity (Wildman–Crippen MR) is 74.9 cm³/mol. The van der Waals surface area contributed by atoms with Crippen LogP contribution in [0.15, 0.2) is 46.7 Å². The summed E-state index contributed by atoms with van der Waals surface area (Å²) in [5.74, 6) is -0.855. The molecule has 21 heavy (non-hydrogen) atoms. The third-order valence-electron chi connectivity index (χ3n) is 2.77. The highest BCUT2D eigenvalue weighted by Crippen LogP contribution is 2.11. The molecule has 1 rings (SSSR count). The molecule has 0 unspecified atom stereocenters. The van der Waals surface area contributed by atoms with Crippen molar-refractivity contribution in [2.24, 2.45) is 0 Å². The summed E-state index contributed by atoms with van der Waals surface area (Å²) in [5.41, 5.74) is -1.60. The normalized spacial score (nSPS) is 12.5. The maximum atomic E-state index is 11.9. The second-order valence-electron chi connectivity index (χ2n) is 4.40. The quantitative estimate of drug-likeness (QED) is 0.469. The molecular formula is C13H17NO6S. The highest BCUT2D eigenvalue weighted by Gasteiger charge is 2.29. The summed E-state index contributed by atoms with van der Waals surface area (Å²) < 4.78 is 23.8. The maximum Gasteiger partial charge on any atom is 0.245 e. The van der Waals surface area contributed by atoms with Crippen LogP contribution in [0.2, 0.25) is 0 Å². The monoisotopic (exact) mass is 315 g/mol. The maximum absolute atomic E-state index is 11.9. The Morgan fingerprint density at radius 1 is 1.10 bits per heavy atom. The summed E-state index contributed by atoms with van der Waals surface area (Å²) >= 11 is 0. The molecule has 0 saturated carbocycles. The second kappa shape index (κ2) is 7.32. The first-order chi connectivity index (χ1) is 9.89. The van der Waals surface area contributed by atoms with Gasteiger partial charge in [0.15, 0.2) is 9.84 Å². The fraction of sp³-hybridized carbons (Fsp3) is 0.308. The average molecular weight is 315 g/mol. The number of hydrogen-bond donors (Lipinski definition) is 4. The van der Waals surface area contributed by atoms with Crippen molar-refractivity contribution in [1.29, 1.82) is 0 Å². The van der Waals surface area contributed by atoms with Gasteiger partial charge in [-0.2, -0.15) is 0 Å². The molecule has 0 spiro atoms. The Hall–Kier alpha value is -1.74. The number of sulfone groups is 1. The summed E-state index contributed by atoms with van der Waals surface area (Å²) in [4.78, 5) is 11.7. The third kappa shape index (κ3) is 4.64. The first kappa shape index (κ1) is 17.3. The summed E-state index contributed by atoms with van der Waals surface area (Å²) in [6, 6.07) is 7.53. The number of rotatable bonds is 7. The number of carbonyl (C=O) groups is 1. The van der Waals surface area contributed by atoms with Crippen molar-refractivity contribution in [3.05, 3.63) is 41.8 Å². The fourth-order valence-electron chi connectivity index (χ4n) is 1.41. The molecule has 116 valence electrons. The molecule has 0 heterocycles. The van der Waals surface area contributed by atoms with E-state index in [1.54, 1.807) is 18.2 Å². The number of carbonyl (C=O) groups excluding carboxylic acids is 1. The van der Waals surface area contributed by atoms with Gasteiger partial charge in [0.05, 0.1) is 24.7 Å². The zero-order valence-corrected chi connectivity index (χ0v) is 12.0. The molecule has 1 amide bonds. The number of aliphatic hydroxyl groups is 3. The summed E-state index contributed by atoms with van der Waals surface area (Å²) in [7, 11) is -3.76. The van der Waals surface area contributed by atoms with Gasteiger partial charge in [-0.3, -0.25) is 4.79 Å². The highest BCUT2D eigenvalue weighted by atomic mass is 32.2. The van der Waals surface area contributed by atoms with Crippen molar-refractivity contribution in [3.63, 3.8) is 0 Å². The highest BCUT2D eigenvalue weighted by molar-refractivity contribution is 7.94. The van der Waals surface area contributed by atoms with Crippen LogP contribution in [0, 0.1) is 0 Å². The van der Waals surface area contributed by atoms with E-state index in [1.807, 2.05) is 0 Å². The van der Waals surface area contributed by atoms with Crippen molar-refractivity contribution in [3.8, 4) is 0 Å². The van der Waals surface area contributed by atoms with Gasteiger partial charge in [0.1, 0.15) is 5.54 Å². The Balaban J connectivity index is 2.83. The van der Waals surface area contributed by atoms with Gasteiger partial charge in [-0.1, -0.05) is 18.2 Å². The molecule has 0 radical (unpaired) electrons. The Labute approximate surface area is 122 Å². The van der Waals surface area contributed by atoms with E-state index in [-0.39, 0.29) is 4.90 Å². The van der Waals surface area contributed by atoms with E-state index in [4.69, 9.17) is 15.3 Å². The minimum Gasteiger partial charge on any atom is -0.394 e. The van der Waals surface area contributed by atoms with E-state index in [2.05, 4.69) is 5.32 Å². The van der Waals surface area contributed by atoms with Gasteiger partial charge < -0.3 is 20.6 Å². The molecule has 0 saturated heterocycles. The Morgan fingerprint density at radius 3 is 2.10 bits per heavy atom. The summed E-state index contributed by atoms with van der Waals surface area (Å²) in [5, 5.41) is 30.0. The summed E-state index contributed by atoms with van der Waals surface area (Å²) in [6.07, 6.45) is 0.762. The molecule has 0 atom stereocenters. The van der Waals surface area contributed by atoms with Gasteiger partial charge in [0, 0.05) is 11.5 Å². The number of amides is 1. The van der Waals surface area contributed by atoms with Crippen LogP contribution >= 0.6 is 0 Å². The van der Waals surface area contributed by atoms with Crippen molar-refractivity contribution in [2.75, 3.05) is 19.8 Å². The SMILES string of the molecule is O=C(/C=C/S(=O)(=O)c1ccccc1)NC(CO)(CO)CO. The molecule has 1 aromatic rings. The molecule has 0 aliphatic carbocycles. The van der Waals surface area contributed by atoms with Gasteiger partial charge in [-0.25, -0.2) is 8.42 Å². The van der Waals surface area contributed by atoms with E-state index in [9.17, 15) is 13.2 Å². The van der Waals surface area contributed by atoms with Crippen LogP contribution in [0.1, 0.15) is 0 Å². The second-order valence-corrected chi connectivity index (χ2v) is 6.24. The van der Waals surface area contributed by atoms with E-state index >= 15 is 0 Å². The van der Waals surface area contributed by atoms with Crippen LogP contribution in [-0.2, 0) is 14.6 Å². The number of benzene rings is 1. The standard InChI is InChI=1S/C13H17NO6S/c15-8-13(9-16,10-17)14-12(18)6-7-21(19,20)11-4-2-1-3-5-11/h1-7,15-17H,8-10H2,(H,14,18)/b7-6+. The van der Waals surface area contributed by atoms with Crippen molar-refractivity contribution >= 4 is 15.7 Å². The van der Waals surface area contributed by atoms with Gasteiger partial charge in [0.25, 0.3) is 0 Å². The van der Waals surface area contributed by atoms with Gasteiger partial charge in [0.2, 0.25) is 5.91 Å². The van der Waals surface area contributed by atoms with Gasteiger partial charge >= 0.3 is 0 Å². The van der Waals surface area contributed by atoms with Crippen LogP contribution in [0.3, 0.4) is 0 Å². The van der Waals surface area contributed by atoms with Crippen molar-refractivity contribution in [1.82, 2.24) is 5.32 Å². The lowest BCUT2D eigenvalue weighted by molar-refractivity contribution is -0.120. The van der Waals surface area contributed by atoms with Crippen molar-refractivity contribution < 1.29 is 28.5 Å². The van der Waals surface area contributed by atoms with E-state index in [1.165, 1.54) is 12.1 Å². The first-order valence-electron chi connectivity index (χ1n) is 6.02. The van der Waals surface area contributed by atoms with E-state index in [0.29, 0.717) is 5.41 Å². The number of nitrogens with one attached hydrogen (secondary N) is 1. The molecule has 1 aromatic carbocycles. The lowest BCUT2D eigenvalue weighted by Gasteiger charge is -2.27. The molecule has 8 heteroatoms. The predicted octanol–water partition coefficient (Wildman–Crippen LogP) is -1.19. The van der Waals surface area contributed by atoms with Crippen LogP contribution in [0.25, 0.3) is 0 Å². The zero-order chi connectivity index (χ0) is 15.9. The van der Waals surface area contributed by atoms with Crippen LogP contribution < -0.4 is 5.32 Å². The first-order valence-corrected chi connectivity index (χ1v) is 7.57. The lowest BCUT2D eigenvalue weighted by Crippen LogP contribution is -2.56.